The molecule has 2 aliphatic rings. The molecule has 86 valence electrons. The predicted molar refractivity (Wildman–Crippen MR) is 65.5 cm³/mol. The van der Waals surface area contributed by atoms with E-state index >= 15 is 0 Å². The molecule has 1 fully saturated rings. The second-order valence-electron chi connectivity index (χ2n) is 5.61. The van der Waals surface area contributed by atoms with E-state index in [2.05, 4.69) is 36.4 Å². The molecule has 0 radical (unpaired) electrons. The number of rotatable bonds is 3. The van der Waals surface area contributed by atoms with Crippen molar-refractivity contribution in [3.8, 4) is 0 Å². The van der Waals surface area contributed by atoms with Crippen molar-refractivity contribution in [3.63, 3.8) is 0 Å². The molecular formula is C14H20N2. The molecule has 1 aromatic rings. The van der Waals surface area contributed by atoms with Crippen molar-refractivity contribution in [2.75, 3.05) is 7.05 Å². The molecule has 0 aliphatic heterocycles. The van der Waals surface area contributed by atoms with Crippen LogP contribution in [-0.2, 0) is 6.42 Å². The van der Waals surface area contributed by atoms with Crippen molar-refractivity contribution in [1.82, 2.24) is 10.3 Å². The lowest BCUT2D eigenvalue weighted by atomic mass is 9.85. The Morgan fingerprint density at radius 2 is 2.31 bits per heavy atom. The Kier molecular flexibility index (Phi) is 2.28. The van der Waals surface area contributed by atoms with Gasteiger partial charge in [-0.2, -0.15) is 0 Å². The molecule has 16 heavy (non-hydrogen) atoms. The van der Waals surface area contributed by atoms with Crippen LogP contribution >= 0.6 is 0 Å². The second-order valence-corrected chi connectivity index (χ2v) is 5.61. The fourth-order valence-corrected chi connectivity index (χ4v) is 3.31. The van der Waals surface area contributed by atoms with Gasteiger partial charge in [0.15, 0.2) is 0 Å². The molecule has 0 bridgehead atoms. The highest BCUT2D eigenvalue weighted by molar-refractivity contribution is 5.31. The third-order valence-corrected chi connectivity index (χ3v) is 4.50. The molecule has 2 nitrogen and oxygen atoms in total. The Bertz CT molecular complexity index is 395. The number of fused-ring (bicyclic) bond motifs is 1. The zero-order valence-corrected chi connectivity index (χ0v) is 10.2. The summed E-state index contributed by atoms with van der Waals surface area (Å²) in [6.45, 7) is 2.41. The van der Waals surface area contributed by atoms with E-state index < -0.39 is 0 Å². The van der Waals surface area contributed by atoms with Crippen molar-refractivity contribution in [2.45, 2.75) is 44.6 Å². The molecule has 2 unspecified atom stereocenters. The highest BCUT2D eigenvalue weighted by Gasteiger charge is 2.49. The van der Waals surface area contributed by atoms with Crippen LogP contribution in [0.4, 0.5) is 0 Å². The minimum atomic E-state index is 0.526. The lowest BCUT2D eigenvalue weighted by Gasteiger charge is -2.29. The van der Waals surface area contributed by atoms with Crippen LogP contribution in [-0.4, -0.2) is 18.1 Å². The van der Waals surface area contributed by atoms with Crippen LogP contribution in [0.15, 0.2) is 18.3 Å². The molecule has 2 atom stereocenters. The van der Waals surface area contributed by atoms with E-state index in [9.17, 15) is 0 Å². The standard InChI is InChI=1S/C14H20N2/c1-14(7-8-14)13(15-2)11-6-5-10-4-3-9-16-12(10)11/h3-4,9,11,13,15H,5-8H2,1-2H3. The molecule has 2 aliphatic carbocycles. The van der Waals surface area contributed by atoms with E-state index in [1.807, 2.05) is 6.20 Å². The van der Waals surface area contributed by atoms with Crippen LogP contribution in [0, 0.1) is 5.41 Å². The van der Waals surface area contributed by atoms with Gasteiger partial charge in [0.25, 0.3) is 0 Å². The summed E-state index contributed by atoms with van der Waals surface area (Å²) in [6.07, 6.45) is 7.17. The van der Waals surface area contributed by atoms with Gasteiger partial charge in [0.2, 0.25) is 0 Å². The van der Waals surface area contributed by atoms with Gasteiger partial charge in [0.05, 0.1) is 0 Å². The average Bonchev–Trinajstić information content (AvgIpc) is 2.91. The molecule has 1 N–H and O–H groups in total. The highest BCUT2D eigenvalue weighted by Crippen LogP contribution is 2.53. The summed E-state index contributed by atoms with van der Waals surface area (Å²) in [7, 11) is 2.11. The van der Waals surface area contributed by atoms with E-state index in [0.29, 0.717) is 17.4 Å². The molecule has 0 saturated heterocycles. The summed E-state index contributed by atoms with van der Waals surface area (Å²) in [5.74, 6) is 0.633. The maximum Gasteiger partial charge on any atom is 0.0482 e. The lowest BCUT2D eigenvalue weighted by Crippen LogP contribution is -2.38. The third-order valence-electron chi connectivity index (χ3n) is 4.50. The maximum atomic E-state index is 4.61. The van der Waals surface area contributed by atoms with Crippen LogP contribution in [0.5, 0.6) is 0 Å². The Morgan fingerprint density at radius 3 is 3.00 bits per heavy atom. The first-order chi connectivity index (χ1) is 7.74. The summed E-state index contributed by atoms with van der Waals surface area (Å²) >= 11 is 0. The van der Waals surface area contributed by atoms with E-state index in [-0.39, 0.29) is 0 Å². The molecule has 3 rings (SSSR count). The lowest BCUT2D eigenvalue weighted by molar-refractivity contribution is 0.318. The predicted octanol–water partition coefficient (Wildman–Crippen LogP) is 2.50. The van der Waals surface area contributed by atoms with E-state index in [1.54, 1.807) is 0 Å². The van der Waals surface area contributed by atoms with Crippen molar-refractivity contribution >= 4 is 0 Å². The first kappa shape index (κ1) is 10.3. The number of pyridine rings is 1. The number of aromatic nitrogens is 1. The van der Waals surface area contributed by atoms with Crippen LogP contribution < -0.4 is 5.32 Å². The Hall–Kier alpha value is -0.890. The molecule has 1 saturated carbocycles. The monoisotopic (exact) mass is 216 g/mol. The number of hydrogen-bond donors (Lipinski definition) is 1. The smallest absolute Gasteiger partial charge is 0.0482 e. The van der Waals surface area contributed by atoms with Gasteiger partial charge in [-0.05, 0) is 49.8 Å². The van der Waals surface area contributed by atoms with Crippen LogP contribution in [0.25, 0.3) is 0 Å². The molecule has 1 heterocycles. The number of likely N-dealkylation sites (N-methyl/N-ethyl adjacent to an activating group) is 1. The minimum absolute atomic E-state index is 0.526. The number of nitrogens with zero attached hydrogens (tertiary/aromatic N) is 1. The Balaban J connectivity index is 1.91. The minimum Gasteiger partial charge on any atom is -0.316 e. The van der Waals surface area contributed by atoms with Crippen molar-refractivity contribution in [3.05, 3.63) is 29.6 Å². The highest BCUT2D eigenvalue weighted by atomic mass is 14.9. The van der Waals surface area contributed by atoms with Gasteiger partial charge in [-0.1, -0.05) is 13.0 Å². The zero-order chi connectivity index (χ0) is 11.2. The van der Waals surface area contributed by atoms with Crippen LogP contribution in [0.3, 0.4) is 0 Å². The molecular weight excluding hydrogens is 196 g/mol. The zero-order valence-electron chi connectivity index (χ0n) is 10.2. The average molecular weight is 216 g/mol. The summed E-state index contributed by atoms with van der Waals surface area (Å²) in [5.41, 5.74) is 3.35. The van der Waals surface area contributed by atoms with Gasteiger partial charge in [-0.3, -0.25) is 4.98 Å². The maximum absolute atomic E-state index is 4.61. The molecule has 0 amide bonds. The Morgan fingerprint density at radius 1 is 1.50 bits per heavy atom. The van der Waals surface area contributed by atoms with Gasteiger partial charge in [0, 0.05) is 23.9 Å². The quantitative estimate of drug-likeness (QED) is 0.839. The van der Waals surface area contributed by atoms with Gasteiger partial charge in [-0.15, -0.1) is 0 Å². The van der Waals surface area contributed by atoms with Gasteiger partial charge < -0.3 is 5.32 Å². The third kappa shape index (κ3) is 1.47. The fourth-order valence-electron chi connectivity index (χ4n) is 3.31. The summed E-state index contributed by atoms with van der Waals surface area (Å²) in [4.78, 5) is 4.61. The fraction of sp³-hybridized carbons (Fsp3) is 0.643. The van der Waals surface area contributed by atoms with Crippen LogP contribution in [0.2, 0.25) is 0 Å². The summed E-state index contributed by atoms with van der Waals surface area (Å²) in [6, 6.07) is 4.92. The van der Waals surface area contributed by atoms with Gasteiger partial charge in [-0.25, -0.2) is 0 Å². The molecule has 0 spiro atoms. The molecule has 2 heteroatoms. The number of hydrogen-bond acceptors (Lipinski definition) is 2. The largest absolute Gasteiger partial charge is 0.316 e. The summed E-state index contributed by atoms with van der Waals surface area (Å²) < 4.78 is 0. The van der Waals surface area contributed by atoms with Gasteiger partial charge in [0.1, 0.15) is 0 Å². The first-order valence-electron chi connectivity index (χ1n) is 6.36. The Labute approximate surface area is 97.5 Å². The van der Waals surface area contributed by atoms with Crippen molar-refractivity contribution < 1.29 is 0 Å². The van der Waals surface area contributed by atoms with Gasteiger partial charge >= 0.3 is 0 Å². The van der Waals surface area contributed by atoms with E-state index in [0.717, 1.165) is 0 Å². The SMILES string of the molecule is CNC(C1CCc2cccnc21)C1(C)CC1. The first-order valence-corrected chi connectivity index (χ1v) is 6.36. The number of aryl methyl sites for hydroxylation is 1. The normalized spacial score (nSPS) is 27.5. The number of nitrogens with one attached hydrogen (secondary N) is 1. The van der Waals surface area contributed by atoms with Crippen molar-refractivity contribution in [1.29, 1.82) is 0 Å². The molecule has 0 aromatic carbocycles. The van der Waals surface area contributed by atoms with E-state index in [1.165, 1.54) is 36.9 Å². The van der Waals surface area contributed by atoms with Crippen LogP contribution in [0.1, 0.15) is 43.4 Å². The topological polar surface area (TPSA) is 24.9 Å². The second kappa shape index (κ2) is 3.56. The molecule has 1 aromatic heterocycles. The van der Waals surface area contributed by atoms with Crippen molar-refractivity contribution in [2.24, 2.45) is 5.41 Å². The summed E-state index contributed by atoms with van der Waals surface area (Å²) in [5, 5.41) is 3.55. The van der Waals surface area contributed by atoms with E-state index in [4.69, 9.17) is 0 Å².